The molecule has 0 radical (unpaired) electrons. The molecule has 7 nitrogen and oxygen atoms in total. The summed E-state index contributed by atoms with van der Waals surface area (Å²) in [5.41, 5.74) is 9.56. The lowest BCUT2D eigenvalue weighted by atomic mass is 9.86. The van der Waals surface area contributed by atoms with Crippen LogP contribution in [0.4, 0.5) is 5.69 Å². The highest BCUT2D eigenvalue weighted by Crippen LogP contribution is 2.31. The van der Waals surface area contributed by atoms with Gasteiger partial charge in [0.25, 0.3) is 5.69 Å². The van der Waals surface area contributed by atoms with Crippen LogP contribution in [0.5, 0.6) is 5.75 Å². The van der Waals surface area contributed by atoms with Gasteiger partial charge in [-0.2, -0.15) is 0 Å². The van der Waals surface area contributed by atoms with E-state index >= 15 is 0 Å². The standard InChI is InChI=1S/C22H28N4O3/c1-29-20-8-4-17(5-9-20)21-14-22(24-23-21)18-10-12-25(13-11-18)15-16-2-6-19(7-3-16)26(27)28/h2-9,18,21-24H,10-15H2,1H3. The van der Waals surface area contributed by atoms with Crippen molar-refractivity contribution in [2.24, 2.45) is 5.92 Å². The molecule has 0 amide bonds. The molecular formula is C22H28N4O3. The maximum Gasteiger partial charge on any atom is 0.269 e. The number of rotatable bonds is 6. The lowest BCUT2D eigenvalue weighted by Gasteiger charge is -2.34. The highest BCUT2D eigenvalue weighted by molar-refractivity contribution is 5.33. The summed E-state index contributed by atoms with van der Waals surface area (Å²) in [6.07, 6.45) is 3.43. The van der Waals surface area contributed by atoms with E-state index in [1.807, 2.05) is 24.3 Å². The number of hydrazine groups is 1. The van der Waals surface area contributed by atoms with Crippen molar-refractivity contribution in [3.05, 3.63) is 69.8 Å². The summed E-state index contributed by atoms with van der Waals surface area (Å²) in [4.78, 5) is 12.9. The Bertz CT molecular complexity index is 817. The van der Waals surface area contributed by atoms with Crippen LogP contribution < -0.4 is 15.6 Å². The fourth-order valence-corrected chi connectivity index (χ4v) is 4.44. The third-order valence-corrected chi connectivity index (χ3v) is 6.21. The van der Waals surface area contributed by atoms with Gasteiger partial charge in [0.05, 0.1) is 12.0 Å². The summed E-state index contributed by atoms with van der Waals surface area (Å²) in [7, 11) is 1.69. The Labute approximate surface area is 171 Å². The third-order valence-electron chi connectivity index (χ3n) is 6.21. The molecule has 2 aliphatic rings. The van der Waals surface area contributed by atoms with E-state index in [0.29, 0.717) is 18.0 Å². The second-order valence-corrected chi connectivity index (χ2v) is 7.99. The molecule has 2 atom stereocenters. The van der Waals surface area contributed by atoms with Gasteiger partial charge in [-0.15, -0.1) is 0 Å². The van der Waals surface area contributed by atoms with E-state index < -0.39 is 0 Å². The highest BCUT2D eigenvalue weighted by Gasteiger charge is 2.33. The number of methoxy groups -OCH3 is 1. The minimum Gasteiger partial charge on any atom is -0.497 e. The van der Waals surface area contributed by atoms with E-state index in [0.717, 1.165) is 37.4 Å². The van der Waals surface area contributed by atoms with Gasteiger partial charge in [-0.1, -0.05) is 24.3 Å². The van der Waals surface area contributed by atoms with Crippen LogP contribution in [0.3, 0.4) is 0 Å². The van der Waals surface area contributed by atoms with Crippen LogP contribution in [-0.2, 0) is 6.54 Å². The predicted molar refractivity (Wildman–Crippen MR) is 112 cm³/mol. The zero-order valence-electron chi connectivity index (χ0n) is 16.7. The van der Waals surface area contributed by atoms with Gasteiger partial charge in [0.1, 0.15) is 5.75 Å². The number of nitrogens with one attached hydrogen (secondary N) is 2. The average Bonchev–Trinajstić information content (AvgIpc) is 3.25. The molecule has 4 rings (SSSR count). The number of hydrogen-bond acceptors (Lipinski definition) is 6. The molecule has 0 aliphatic carbocycles. The number of non-ortho nitro benzene ring substituents is 1. The summed E-state index contributed by atoms with van der Waals surface area (Å²) < 4.78 is 5.25. The molecule has 2 aromatic carbocycles. The molecule has 2 fully saturated rings. The van der Waals surface area contributed by atoms with E-state index in [1.54, 1.807) is 19.2 Å². The van der Waals surface area contributed by atoms with Crippen LogP contribution in [0.25, 0.3) is 0 Å². The number of nitro groups is 1. The first-order valence-electron chi connectivity index (χ1n) is 10.2. The average molecular weight is 396 g/mol. The molecule has 154 valence electrons. The molecule has 2 aliphatic heterocycles. The monoisotopic (exact) mass is 396 g/mol. The van der Waals surface area contributed by atoms with Crippen LogP contribution >= 0.6 is 0 Å². The molecule has 0 saturated carbocycles. The minimum atomic E-state index is -0.350. The number of ether oxygens (including phenoxy) is 1. The Balaban J connectivity index is 1.25. The molecule has 0 bridgehead atoms. The first kappa shape index (κ1) is 19.8. The quantitative estimate of drug-likeness (QED) is 0.575. The summed E-state index contributed by atoms with van der Waals surface area (Å²) in [6.45, 7) is 2.98. The summed E-state index contributed by atoms with van der Waals surface area (Å²) in [6, 6.07) is 16.0. The largest absolute Gasteiger partial charge is 0.497 e. The van der Waals surface area contributed by atoms with Gasteiger partial charge in [0, 0.05) is 30.8 Å². The van der Waals surface area contributed by atoms with Crippen molar-refractivity contribution in [3.63, 3.8) is 0 Å². The second-order valence-electron chi connectivity index (χ2n) is 7.99. The second kappa shape index (κ2) is 8.90. The molecule has 2 aromatic rings. The van der Waals surface area contributed by atoms with Gasteiger partial charge in [0.15, 0.2) is 0 Å². The van der Waals surface area contributed by atoms with Crippen LogP contribution in [0.2, 0.25) is 0 Å². The van der Waals surface area contributed by atoms with Crippen LogP contribution in [0.15, 0.2) is 48.5 Å². The number of nitrogens with zero attached hydrogens (tertiary/aromatic N) is 2. The van der Waals surface area contributed by atoms with Crippen molar-refractivity contribution >= 4 is 5.69 Å². The maximum absolute atomic E-state index is 10.8. The fraction of sp³-hybridized carbons (Fsp3) is 0.455. The topological polar surface area (TPSA) is 79.7 Å². The molecule has 29 heavy (non-hydrogen) atoms. The number of hydrogen-bond donors (Lipinski definition) is 2. The van der Waals surface area contributed by atoms with Crippen molar-refractivity contribution in [1.29, 1.82) is 0 Å². The van der Waals surface area contributed by atoms with Crippen LogP contribution in [-0.4, -0.2) is 36.1 Å². The number of nitro benzene ring substituents is 1. The molecule has 2 N–H and O–H groups in total. The van der Waals surface area contributed by atoms with Gasteiger partial charge in [0.2, 0.25) is 0 Å². The first-order valence-corrected chi connectivity index (χ1v) is 10.2. The van der Waals surface area contributed by atoms with Crippen molar-refractivity contribution in [2.45, 2.75) is 37.9 Å². The van der Waals surface area contributed by atoms with Crippen molar-refractivity contribution in [2.75, 3.05) is 20.2 Å². The number of piperidine rings is 1. The lowest BCUT2D eigenvalue weighted by Crippen LogP contribution is -2.42. The zero-order chi connectivity index (χ0) is 20.2. The lowest BCUT2D eigenvalue weighted by molar-refractivity contribution is -0.384. The SMILES string of the molecule is COc1ccc(C2CC(C3CCN(Cc4ccc([N+](=O)[O-])cc4)CC3)NN2)cc1. The Morgan fingerprint density at radius 1 is 1.07 bits per heavy atom. The van der Waals surface area contributed by atoms with Gasteiger partial charge >= 0.3 is 0 Å². The van der Waals surface area contributed by atoms with Crippen LogP contribution in [0, 0.1) is 16.0 Å². The fourth-order valence-electron chi connectivity index (χ4n) is 4.44. The predicted octanol–water partition coefficient (Wildman–Crippen LogP) is 3.42. The van der Waals surface area contributed by atoms with Crippen molar-refractivity contribution in [1.82, 2.24) is 15.8 Å². The molecule has 2 unspecified atom stereocenters. The van der Waals surface area contributed by atoms with Gasteiger partial charge < -0.3 is 4.74 Å². The Kier molecular flexibility index (Phi) is 6.08. The third kappa shape index (κ3) is 4.75. The Morgan fingerprint density at radius 2 is 1.76 bits per heavy atom. The molecular weight excluding hydrogens is 368 g/mol. The molecule has 0 aromatic heterocycles. The smallest absolute Gasteiger partial charge is 0.269 e. The Morgan fingerprint density at radius 3 is 2.38 bits per heavy atom. The summed E-state index contributed by atoms with van der Waals surface area (Å²) >= 11 is 0. The minimum absolute atomic E-state index is 0.152. The van der Waals surface area contributed by atoms with E-state index in [4.69, 9.17) is 4.74 Å². The summed E-state index contributed by atoms with van der Waals surface area (Å²) in [5.74, 6) is 1.55. The first-order chi connectivity index (χ1) is 14.1. The zero-order valence-corrected chi connectivity index (χ0v) is 16.7. The Hall–Kier alpha value is -2.48. The van der Waals surface area contributed by atoms with Gasteiger partial charge in [-0.25, -0.2) is 0 Å². The molecule has 2 heterocycles. The van der Waals surface area contributed by atoms with E-state index in [-0.39, 0.29) is 10.6 Å². The maximum atomic E-state index is 10.8. The molecule has 0 spiro atoms. The normalized spacial score (nSPS) is 23.2. The summed E-state index contributed by atoms with van der Waals surface area (Å²) in [5, 5.41) is 10.8. The highest BCUT2D eigenvalue weighted by atomic mass is 16.6. The van der Waals surface area contributed by atoms with E-state index in [9.17, 15) is 10.1 Å². The number of benzene rings is 2. The van der Waals surface area contributed by atoms with Crippen molar-refractivity contribution in [3.8, 4) is 5.75 Å². The van der Waals surface area contributed by atoms with Crippen LogP contribution in [0.1, 0.15) is 36.4 Å². The molecule has 2 saturated heterocycles. The molecule has 7 heteroatoms. The van der Waals surface area contributed by atoms with Gasteiger partial charge in [-0.3, -0.25) is 25.9 Å². The van der Waals surface area contributed by atoms with E-state index in [1.165, 1.54) is 18.4 Å². The number of likely N-dealkylation sites (tertiary alicyclic amines) is 1. The van der Waals surface area contributed by atoms with Crippen molar-refractivity contribution < 1.29 is 9.66 Å². The van der Waals surface area contributed by atoms with Gasteiger partial charge in [-0.05, 0) is 61.5 Å². The van der Waals surface area contributed by atoms with E-state index in [2.05, 4.69) is 27.9 Å².